The molecule has 0 saturated heterocycles. The van der Waals surface area contributed by atoms with Crippen molar-refractivity contribution in [1.29, 1.82) is 0 Å². The van der Waals surface area contributed by atoms with Crippen LogP contribution in [0.15, 0.2) is 35.6 Å². The first-order chi connectivity index (χ1) is 6.40. The largest absolute Gasteiger partial charge is 0.360 e. The van der Waals surface area contributed by atoms with Crippen LogP contribution in [0.3, 0.4) is 0 Å². The monoisotopic (exact) mass is 172 g/mol. The Morgan fingerprint density at radius 1 is 1.38 bits per heavy atom. The van der Waals surface area contributed by atoms with Gasteiger partial charge in [-0.15, -0.1) is 0 Å². The average molecular weight is 172 g/mol. The van der Waals surface area contributed by atoms with Gasteiger partial charge in [0, 0.05) is 35.4 Å². The Kier molecular flexibility index (Phi) is 1.92. The van der Waals surface area contributed by atoms with Crippen molar-refractivity contribution in [3.8, 4) is 0 Å². The highest BCUT2D eigenvalue weighted by molar-refractivity contribution is 5.92. The van der Waals surface area contributed by atoms with Gasteiger partial charge in [0.15, 0.2) is 0 Å². The Hall–Kier alpha value is -1.90. The standard InChI is InChI=1S/C10H8N2O/c13-7-8-1-2-10-9(5-8)6-11-3-4-12-10/h1-7,12H. The molecule has 3 nitrogen and oxygen atoms in total. The van der Waals surface area contributed by atoms with Gasteiger partial charge in [0.25, 0.3) is 0 Å². The minimum atomic E-state index is 0.661. The van der Waals surface area contributed by atoms with Gasteiger partial charge in [0.1, 0.15) is 6.29 Å². The van der Waals surface area contributed by atoms with E-state index in [-0.39, 0.29) is 0 Å². The number of aldehydes is 1. The molecule has 0 aliphatic carbocycles. The number of carbonyl (C=O) groups excluding carboxylic acids is 1. The summed E-state index contributed by atoms with van der Waals surface area (Å²) < 4.78 is 0. The number of fused-ring (bicyclic) bond motifs is 1. The molecular formula is C10H8N2O. The first-order valence-corrected chi connectivity index (χ1v) is 3.94. The smallest absolute Gasteiger partial charge is 0.150 e. The molecule has 0 amide bonds. The Morgan fingerprint density at radius 2 is 2.31 bits per heavy atom. The normalized spacial score (nSPS) is 12.9. The molecule has 1 aromatic carbocycles. The number of benzene rings is 1. The molecule has 0 radical (unpaired) electrons. The van der Waals surface area contributed by atoms with E-state index in [0.717, 1.165) is 17.5 Å². The van der Waals surface area contributed by atoms with Crippen molar-refractivity contribution in [2.24, 2.45) is 4.99 Å². The van der Waals surface area contributed by atoms with Crippen molar-refractivity contribution in [2.45, 2.75) is 0 Å². The van der Waals surface area contributed by atoms with Crippen LogP contribution in [0, 0.1) is 0 Å². The summed E-state index contributed by atoms with van der Waals surface area (Å²) in [4.78, 5) is 14.5. The summed E-state index contributed by atoms with van der Waals surface area (Å²) in [5.41, 5.74) is 2.55. The molecule has 13 heavy (non-hydrogen) atoms. The molecule has 0 unspecified atom stereocenters. The lowest BCUT2D eigenvalue weighted by atomic mass is 10.1. The third kappa shape index (κ3) is 1.49. The Bertz CT molecular complexity index is 394. The zero-order chi connectivity index (χ0) is 9.10. The fourth-order valence-corrected chi connectivity index (χ4v) is 1.19. The van der Waals surface area contributed by atoms with Crippen molar-refractivity contribution in [2.75, 3.05) is 5.32 Å². The first kappa shape index (κ1) is 7.73. The maximum absolute atomic E-state index is 10.5. The Balaban J connectivity index is 2.51. The second-order valence-corrected chi connectivity index (χ2v) is 2.70. The van der Waals surface area contributed by atoms with Gasteiger partial charge >= 0.3 is 0 Å². The van der Waals surface area contributed by atoms with E-state index in [4.69, 9.17) is 0 Å². The summed E-state index contributed by atoms with van der Waals surface area (Å²) in [6, 6.07) is 5.43. The van der Waals surface area contributed by atoms with E-state index in [1.54, 1.807) is 30.7 Å². The number of carbonyl (C=O) groups is 1. The number of rotatable bonds is 1. The fraction of sp³-hybridized carbons (Fsp3) is 0. The Morgan fingerprint density at radius 3 is 3.15 bits per heavy atom. The molecule has 0 aromatic heterocycles. The van der Waals surface area contributed by atoms with Crippen LogP contribution in [0.4, 0.5) is 5.69 Å². The molecule has 1 aliphatic heterocycles. The van der Waals surface area contributed by atoms with Crippen LogP contribution in [-0.4, -0.2) is 12.5 Å². The van der Waals surface area contributed by atoms with Gasteiger partial charge in [-0.25, -0.2) is 0 Å². The van der Waals surface area contributed by atoms with Crippen molar-refractivity contribution in [3.63, 3.8) is 0 Å². The third-order valence-corrected chi connectivity index (χ3v) is 1.82. The molecule has 1 aromatic rings. The highest BCUT2D eigenvalue weighted by atomic mass is 16.1. The second-order valence-electron chi connectivity index (χ2n) is 2.70. The topological polar surface area (TPSA) is 41.5 Å². The van der Waals surface area contributed by atoms with Gasteiger partial charge in [-0.1, -0.05) is 0 Å². The average Bonchev–Trinajstić information content (AvgIpc) is 2.41. The zero-order valence-corrected chi connectivity index (χ0v) is 6.90. The van der Waals surface area contributed by atoms with Crippen molar-refractivity contribution in [3.05, 3.63) is 41.7 Å². The van der Waals surface area contributed by atoms with Crippen LogP contribution >= 0.6 is 0 Å². The van der Waals surface area contributed by atoms with E-state index in [1.165, 1.54) is 0 Å². The number of aliphatic imine (C=N–C) groups is 1. The number of nitrogens with zero attached hydrogens (tertiary/aromatic N) is 1. The lowest BCUT2D eigenvalue weighted by molar-refractivity contribution is 0.112. The van der Waals surface area contributed by atoms with E-state index in [2.05, 4.69) is 10.3 Å². The fourth-order valence-electron chi connectivity index (χ4n) is 1.19. The molecule has 64 valence electrons. The highest BCUT2D eigenvalue weighted by Gasteiger charge is 2.01. The number of hydrogen-bond donors (Lipinski definition) is 1. The van der Waals surface area contributed by atoms with Crippen LogP contribution in [0.5, 0.6) is 0 Å². The number of nitrogens with one attached hydrogen (secondary N) is 1. The molecular weight excluding hydrogens is 164 g/mol. The minimum Gasteiger partial charge on any atom is -0.360 e. The van der Waals surface area contributed by atoms with E-state index in [1.807, 2.05) is 6.07 Å². The molecule has 1 heterocycles. The van der Waals surface area contributed by atoms with Gasteiger partial charge in [0.05, 0.1) is 0 Å². The second kappa shape index (κ2) is 3.23. The predicted molar refractivity (Wildman–Crippen MR) is 52.2 cm³/mol. The van der Waals surface area contributed by atoms with Crippen molar-refractivity contribution >= 4 is 18.2 Å². The predicted octanol–water partition coefficient (Wildman–Crippen LogP) is 1.81. The maximum Gasteiger partial charge on any atom is 0.150 e. The number of hydrogen-bond acceptors (Lipinski definition) is 3. The molecule has 3 heteroatoms. The zero-order valence-electron chi connectivity index (χ0n) is 6.90. The van der Waals surface area contributed by atoms with Gasteiger partial charge in [0.2, 0.25) is 0 Å². The van der Waals surface area contributed by atoms with Gasteiger partial charge in [-0.3, -0.25) is 9.79 Å². The molecule has 2 rings (SSSR count). The molecule has 0 spiro atoms. The minimum absolute atomic E-state index is 0.661. The molecule has 0 fully saturated rings. The van der Waals surface area contributed by atoms with E-state index < -0.39 is 0 Å². The van der Waals surface area contributed by atoms with Gasteiger partial charge in [-0.2, -0.15) is 0 Å². The quantitative estimate of drug-likeness (QED) is 0.656. The van der Waals surface area contributed by atoms with Crippen LogP contribution in [0.2, 0.25) is 0 Å². The van der Waals surface area contributed by atoms with Crippen molar-refractivity contribution < 1.29 is 4.79 Å². The van der Waals surface area contributed by atoms with E-state index >= 15 is 0 Å². The summed E-state index contributed by atoms with van der Waals surface area (Å²) in [5.74, 6) is 0. The highest BCUT2D eigenvalue weighted by Crippen LogP contribution is 2.16. The molecule has 0 atom stereocenters. The lowest BCUT2D eigenvalue weighted by Crippen LogP contribution is -1.93. The van der Waals surface area contributed by atoms with Crippen LogP contribution in [0.25, 0.3) is 0 Å². The van der Waals surface area contributed by atoms with E-state index in [9.17, 15) is 4.79 Å². The molecule has 1 N–H and O–H groups in total. The van der Waals surface area contributed by atoms with Crippen LogP contribution < -0.4 is 5.32 Å². The van der Waals surface area contributed by atoms with Gasteiger partial charge in [-0.05, 0) is 18.2 Å². The summed E-state index contributed by atoms with van der Waals surface area (Å²) in [6.45, 7) is 0. The summed E-state index contributed by atoms with van der Waals surface area (Å²) in [5, 5.41) is 3.05. The molecule has 0 bridgehead atoms. The van der Waals surface area contributed by atoms with Crippen LogP contribution in [-0.2, 0) is 0 Å². The third-order valence-electron chi connectivity index (χ3n) is 1.82. The molecule has 0 saturated carbocycles. The van der Waals surface area contributed by atoms with Crippen LogP contribution in [0.1, 0.15) is 15.9 Å². The summed E-state index contributed by atoms with van der Waals surface area (Å²) in [6.07, 6.45) is 5.97. The summed E-state index contributed by atoms with van der Waals surface area (Å²) in [7, 11) is 0. The van der Waals surface area contributed by atoms with Gasteiger partial charge < -0.3 is 5.32 Å². The maximum atomic E-state index is 10.5. The lowest BCUT2D eigenvalue weighted by Gasteiger charge is -2.03. The first-order valence-electron chi connectivity index (χ1n) is 3.94. The molecule has 1 aliphatic rings. The number of anilines is 1. The summed E-state index contributed by atoms with van der Waals surface area (Å²) >= 11 is 0. The Labute approximate surface area is 75.8 Å². The van der Waals surface area contributed by atoms with Crippen molar-refractivity contribution in [1.82, 2.24) is 0 Å². The SMILES string of the molecule is O=Cc1ccc2c(c1)C=NC=CN2. The van der Waals surface area contributed by atoms with E-state index in [0.29, 0.717) is 5.56 Å².